The number of hydrogen-bond acceptors (Lipinski definition) is 6. The summed E-state index contributed by atoms with van der Waals surface area (Å²) >= 11 is 0. The number of unbranched alkanes of at least 4 members (excludes halogenated alkanes) is 39. The van der Waals surface area contributed by atoms with Crippen molar-refractivity contribution >= 4 is 17.9 Å². The molecule has 0 aromatic heterocycles. The molecule has 452 valence electrons. The maximum atomic E-state index is 12.9. The van der Waals surface area contributed by atoms with Gasteiger partial charge in [-0.3, -0.25) is 14.4 Å². The molecule has 0 amide bonds. The molecule has 0 radical (unpaired) electrons. The second kappa shape index (κ2) is 66.4. The summed E-state index contributed by atoms with van der Waals surface area (Å²) in [6.07, 6.45) is 86.4. The molecule has 0 heterocycles. The molecular weight excluding hydrogens is 961 g/mol. The molecule has 0 saturated carbocycles. The lowest BCUT2D eigenvalue weighted by Crippen LogP contribution is -2.30. The zero-order valence-electron chi connectivity index (χ0n) is 51.9. The Morgan fingerprint density at radius 3 is 0.744 bits per heavy atom. The van der Waals surface area contributed by atoms with Crippen molar-refractivity contribution in [1.82, 2.24) is 0 Å². The molecule has 1 atom stereocenters. The monoisotopic (exact) mass is 1090 g/mol. The number of esters is 3. The standard InChI is InChI=1S/C72H128O6/c1-4-7-10-13-16-19-22-24-26-28-30-31-32-33-34-35-36-37-38-39-40-41-43-44-46-48-50-53-56-59-62-65-71(74)77-68-69(67-76-70(73)64-61-58-55-52-21-18-15-12-9-6-3)78-72(75)66-63-60-57-54-51-49-47-45-42-29-27-25-23-20-17-14-11-8-5-2/h17,20,22,24-25,27-28,30,32-33,42,45,69H,4-16,18-19,21,23,26,29,31,34-41,43-44,46-68H2,1-3H3/b20-17-,24-22-,27-25-,30-28-,33-32-,45-42-. The number of rotatable bonds is 62. The summed E-state index contributed by atoms with van der Waals surface area (Å²) < 4.78 is 16.9. The molecule has 0 fully saturated rings. The van der Waals surface area contributed by atoms with Gasteiger partial charge in [-0.15, -0.1) is 0 Å². The van der Waals surface area contributed by atoms with Crippen LogP contribution in [0.15, 0.2) is 72.9 Å². The molecule has 0 aromatic rings. The van der Waals surface area contributed by atoms with Crippen LogP contribution in [0.3, 0.4) is 0 Å². The summed E-state index contributed by atoms with van der Waals surface area (Å²) in [6.45, 7) is 6.62. The lowest BCUT2D eigenvalue weighted by molar-refractivity contribution is -0.167. The highest BCUT2D eigenvalue weighted by Gasteiger charge is 2.19. The average Bonchev–Trinajstić information content (AvgIpc) is 3.44. The number of allylic oxidation sites excluding steroid dienone is 12. The van der Waals surface area contributed by atoms with E-state index in [-0.39, 0.29) is 31.1 Å². The van der Waals surface area contributed by atoms with Crippen LogP contribution in [-0.2, 0) is 28.6 Å². The van der Waals surface area contributed by atoms with Gasteiger partial charge < -0.3 is 14.2 Å². The molecule has 0 aliphatic heterocycles. The fourth-order valence-corrected chi connectivity index (χ4v) is 9.81. The molecule has 0 N–H and O–H groups in total. The Kier molecular flexibility index (Phi) is 63.7. The van der Waals surface area contributed by atoms with E-state index in [9.17, 15) is 14.4 Å². The summed E-state index contributed by atoms with van der Waals surface area (Å²) in [5, 5.41) is 0. The van der Waals surface area contributed by atoms with E-state index in [1.807, 2.05) is 0 Å². The first kappa shape index (κ1) is 74.8. The van der Waals surface area contributed by atoms with Gasteiger partial charge >= 0.3 is 17.9 Å². The third kappa shape index (κ3) is 63.7. The minimum absolute atomic E-state index is 0.0769. The normalized spacial score (nSPS) is 12.5. The third-order valence-corrected chi connectivity index (χ3v) is 14.9. The average molecular weight is 1090 g/mol. The van der Waals surface area contributed by atoms with Gasteiger partial charge in [-0.2, -0.15) is 0 Å². The molecule has 6 heteroatoms. The fraction of sp³-hybridized carbons (Fsp3) is 0.792. The van der Waals surface area contributed by atoms with E-state index in [1.54, 1.807) is 0 Å². The molecule has 0 aliphatic carbocycles. The molecular formula is C72H128O6. The molecule has 0 rings (SSSR count). The van der Waals surface area contributed by atoms with Crippen LogP contribution in [0.5, 0.6) is 0 Å². The molecule has 0 aromatic carbocycles. The van der Waals surface area contributed by atoms with Crippen LogP contribution in [0.25, 0.3) is 0 Å². The van der Waals surface area contributed by atoms with E-state index in [0.717, 1.165) is 96.3 Å². The fourth-order valence-electron chi connectivity index (χ4n) is 9.81. The van der Waals surface area contributed by atoms with E-state index < -0.39 is 6.10 Å². The smallest absolute Gasteiger partial charge is 0.306 e. The molecule has 0 saturated heterocycles. The predicted octanol–water partition coefficient (Wildman–Crippen LogP) is 23.3. The van der Waals surface area contributed by atoms with Crippen molar-refractivity contribution < 1.29 is 28.6 Å². The van der Waals surface area contributed by atoms with Gasteiger partial charge in [-0.05, 0) is 96.3 Å². The van der Waals surface area contributed by atoms with Gasteiger partial charge in [0.15, 0.2) is 6.10 Å². The number of carbonyl (C=O) groups excluding carboxylic acids is 3. The van der Waals surface area contributed by atoms with E-state index >= 15 is 0 Å². The minimum atomic E-state index is -0.780. The minimum Gasteiger partial charge on any atom is -0.462 e. The summed E-state index contributed by atoms with van der Waals surface area (Å²) in [5.41, 5.74) is 0. The predicted molar refractivity (Wildman–Crippen MR) is 339 cm³/mol. The molecule has 6 nitrogen and oxygen atoms in total. The lowest BCUT2D eigenvalue weighted by Gasteiger charge is -2.18. The maximum Gasteiger partial charge on any atom is 0.306 e. The topological polar surface area (TPSA) is 78.9 Å². The molecule has 78 heavy (non-hydrogen) atoms. The van der Waals surface area contributed by atoms with Crippen molar-refractivity contribution in [3.63, 3.8) is 0 Å². The molecule has 0 aliphatic rings. The first-order valence-corrected chi connectivity index (χ1v) is 33.9. The largest absolute Gasteiger partial charge is 0.462 e. The number of carbonyl (C=O) groups is 3. The Labute approximate surface area is 484 Å². The van der Waals surface area contributed by atoms with Crippen LogP contribution in [0.1, 0.15) is 348 Å². The van der Waals surface area contributed by atoms with Gasteiger partial charge in [-0.25, -0.2) is 0 Å². The van der Waals surface area contributed by atoms with Crippen LogP contribution in [0.2, 0.25) is 0 Å². The van der Waals surface area contributed by atoms with Crippen LogP contribution in [0.4, 0.5) is 0 Å². The highest BCUT2D eigenvalue weighted by atomic mass is 16.6. The third-order valence-electron chi connectivity index (χ3n) is 14.9. The lowest BCUT2D eigenvalue weighted by atomic mass is 10.0. The van der Waals surface area contributed by atoms with Gasteiger partial charge in [0.1, 0.15) is 13.2 Å². The van der Waals surface area contributed by atoms with Gasteiger partial charge in [0.05, 0.1) is 0 Å². The Bertz CT molecular complexity index is 1440. The first-order valence-electron chi connectivity index (χ1n) is 33.9. The van der Waals surface area contributed by atoms with Crippen molar-refractivity contribution in [3.05, 3.63) is 72.9 Å². The van der Waals surface area contributed by atoms with Crippen molar-refractivity contribution in [2.24, 2.45) is 0 Å². The van der Waals surface area contributed by atoms with E-state index in [1.165, 1.54) is 212 Å². The van der Waals surface area contributed by atoms with Gasteiger partial charge in [0, 0.05) is 19.3 Å². The van der Waals surface area contributed by atoms with Gasteiger partial charge in [0.25, 0.3) is 0 Å². The summed E-state index contributed by atoms with van der Waals surface area (Å²) in [6, 6.07) is 0. The SMILES string of the molecule is CCCCC/C=C\C/C=C\C/C=C\CCCCCCCCC(=O)OC(COC(=O)CCCCCCCCCCCC)COC(=O)CCCCCCCCCCCCCCCCCC/C=C\C/C=C\C/C=C\CCCCCCC. The van der Waals surface area contributed by atoms with E-state index in [4.69, 9.17) is 14.2 Å². The molecule has 0 bridgehead atoms. The quantitative estimate of drug-likeness (QED) is 0.0261. The Morgan fingerprint density at radius 2 is 0.462 bits per heavy atom. The van der Waals surface area contributed by atoms with Crippen LogP contribution in [0, 0.1) is 0 Å². The van der Waals surface area contributed by atoms with Crippen molar-refractivity contribution in [3.8, 4) is 0 Å². The van der Waals surface area contributed by atoms with Crippen LogP contribution in [-0.4, -0.2) is 37.2 Å². The van der Waals surface area contributed by atoms with Gasteiger partial charge in [-0.1, -0.05) is 306 Å². The van der Waals surface area contributed by atoms with Crippen molar-refractivity contribution in [2.75, 3.05) is 13.2 Å². The Morgan fingerprint density at radius 1 is 0.256 bits per heavy atom. The van der Waals surface area contributed by atoms with E-state index in [2.05, 4.69) is 93.7 Å². The first-order chi connectivity index (χ1) is 38.5. The highest BCUT2D eigenvalue weighted by Crippen LogP contribution is 2.17. The Balaban J connectivity index is 4.16. The summed E-state index contributed by atoms with van der Waals surface area (Å²) in [4.78, 5) is 38.3. The second-order valence-corrected chi connectivity index (χ2v) is 22.7. The zero-order valence-corrected chi connectivity index (χ0v) is 51.9. The molecule has 1 unspecified atom stereocenters. The number of ether oxygens (including phenoxy) is 3. The van der Waals surface area contributed by atoms with Crippen molar-refractivity contribution in [1.29, 1.82) is 0 Å². The maximum absolute atomic E-state index is 12.9. The van der Waals surface area contributed by atoms with Crippen LogP contribution >= 0.6 is 0 Å². The van der Waals surface area contributed by atoms with Crippen LogP contribution < -0.4 is 0 Å². The molecule has 0 spiro atoms. The second-order valence-electron chi connectivity index (χ2n) is 22.7. The summed E-state index contributed by atoms with van der Waals surface area (Å²) in [5.74, 6) is -0.875. The highest BCUT2D eigenvalue weighted by molar-refractivity contribution is 5.71. The van der Waals surface area contributed by atoms with Gasteiger partial charge in [0.2, 0.25) is 0 Å². The summed E-state index contributed by atoms with van der Waals surface area (Å²) in [7, 11) is 0. The number of hydrogen-bond donors (Lipinski definition) is 0. The van der Waals surface area contributed by atoms with Crippen molar-refractivity contribution in [2.45, 2.75) is 354 Å². The van der Waals surface area contributed by atoms with E-state index in [0.29, 0.717) is 19.3 Å². The zero-order chi connectivity index (χ0) is 56.4. The Hall–Kier alpha value is -3.15.